The highest BCUT2D eigenvalue weighted by Crippen LogP contribution is 2.55. The smallest absolute Gasteiger partial charge is 0.377 e. The highest BCUT2D eigenvalue weighted by molar-refractivity contribution is 5.84. The molecule has 14 heteroatoms. The Bertz CT molecular complexity index is 2610. The van der Waals surface area contributed by atoms with Gasteiger partial charge in [-0.05, 0) is 184 Å². The van der Waals surface area contributed by atoms with Crippen molar-refractivity contribution in [3.8, 4) is 11.4 Å². The van der Waals surface area contributed by atoms with Gasteiger partial charge in [0.2, 0.25) is 0 Å². The minimum Gasteiger partial charge on any atom is -0.377 e. The van der Waals surface area contributed by atoms with Gasteiger partial charge in [0.25, 0.3) is 0 Å². The van der Waals surface area contributed by atoms with Crippen LogP contribution in [0.1, 0.15) is 100 Å². The van der Waals surface area contributed by atoms with Gasteiger partial charge in [-0.25, -0.2) is 18.1 Å². The van der Waals surface area contributed by atoms with Gasteiger partial charge in [0.15, 0.2) is 11.2 Å². The Hall–Kier alpha value is -5.34. The minimum atomic E-state index is -4.69. The quantitative estimate of drug-likeness (QED) is 0.137. The van der Waals surface area contributed by atoms with Crippen molar-refractivity contribution in [3.05, 3.63) is 142 Å². The number of aryl methyl sites for hydroxylation is 2. The Kier molecular flexibility index (Phi) is 10.8. The van der Waals surface area contributed by atoms with E-state index >= 15 is 0 Å². The number of aromatic nitrogens is 4. The normalized spacial score (nSPS) is 25.8. The fraction of sp³-hybridized carbons (Fsp3) is 0.400. The molecule has 0 spiro atoms. The first-order chi connectivity index (χ1) is 30.3. The summed E-state index contributed by atoms with van der Waals surface area (Å²) in [4.78, 5) is 0. The van der Waals surface area contributed by atoms with Crippen LogP contribution in [0.25, 0.3) is 33.2 Å². The first-order valence-electron chi connectivity index (χ1n) is 21.9. The summed E-state index contributed by atoms with van der Waals surface area (Å²) in [6, 6.07) is 20.5. The molecule has 0 fully saturated rings. The van der Waals surface area contributed by atoms with Gasteiger partial charge in [0.1, 0.15) is 11.6 Å². The van der Waals surface area contributed by atoms with E-state index in [1.54, 1.807) is 46.0 Å². The molecule has 0 radical (unpaired) electrons. The maximum absolute atomic E-state index is 13.6. The van der Waals surface area contributed by atoms with Gasteiger partial charge in [-0.3, -0.25) is 0 Å². The van der Waals surface area contributed by atoms with Crippen molar-refractivity contribution in [1.29, 1.82) is 0 Å². The van der Waals surface area contributed by atoms with Gasteiger partial charge in [-0.1, -0.05) is 25.0 Å². The number of hydrogen-bond acceptors (Lipinski definition) is 4. The molecule has 0 saturated carbocycles. The Morgan fingerprint density at radius 3 is 1.27 bits per heavy atom. The number of hydrogen-bond donors (Lipinski definition) is 2. The summed E-state index contributed by atoms with van der Waals surface area (Å²) in [6.07, 6.45) is 1.40. The molecule has 4 aliphatic rings. The molecule has 0 aliphatic heterocycles. The Labute approximate surface area is 364 Å². The molecule has 4 atom stereocenters. The standard InChI is InChI=1S/2C25H24F4N2O/c2*1-2-23-10-11-24(32,25(27,28)29)14-18(23)5-3-4-16-13-22-17(12-21(16)23)15-30-31(22)20-8-6-19(26)7-9-20/h2*6-9,12-15,32H,2-5,10-11H2,1H3/t2*23-,24-/m10/s1. The zero-order chi connectivity index (χ0) is 45.5. The second-order valence-electron chi connectivity index (χ2n) is 18.0. The van der Waals surface area contributed by atoms with Crippen LogP contribution in [0.4, 0.5) is 35.1 Å². The van der Waals surface area contributed by atoms with E-state index in [1.165, 1.54) is 24.3 Å². The molecule has 64 heavy (non-hydrogen) atoms. The van der Waals surface area contributed by atoms with E-state index in [2.05, 4.69) is 34.5 Å². The van der Waals surface area contributed by atoms with Crippen LogP contribution in [0.5, 0.6) is 0 Å². The van der Waals surface area contributed by atoms with Crippen molar-refractivity contribution in [2.75, 3.05) is 0 Å². The first kappa shape index (κ1) is 43.9. The molecule has 336 valence electrons. The summed E-state index contributed by atoms with van der Waals surface area (Å²) in [5.74, 6) is -0.640. The second-order valence-corrected chi connectivity index (χ2v) is 18.0. The molecule has 10 rings (SSSR count). The summed E-state index contributed by atoms with van der Waals surface area (Å²) in [7, 11) is 0. The average molecular weight is 889 g/mol. The van der Waals surface area contributed by atoms with Crippen LogP contribution in [-0.2, 0) is 23.7 Å². The molecule has 6 aromatic rings. The van der Waals surface area contributed by atoms with Gasteiger partial charge < -0.3 is 10.2 Å². The summed E-state index contributed by atoms with van der Waals surface area (Å²) in [5.41, 5.74) is 2.36. The summed E-state index contributed by atoms with van der Waals surface area (Å²) < 4.78 is 112. The molecule has 4 aromatic carbocycles. The van der Waals surface area contributed by atoms with Crippen LogP contribution in [0.2, 0.25) is 0 Å². The van der Waals surface area contributed by atoms with Gasteiger partial charge in [0, 0.05) is 21.6 Å². The van der Waals surface area contributed by atoms with Gasteiger partial charge in [-0.15, -0.1) is 0 Å². The lowest BCUT2D eigenvalue weighted by Gasteiger charge is -2.44. The van der Waals surface area contributed by atoms with Crippen LogP contribution in [-0.4, -0.2) is 53.3 Å². The molecule has 2 heterocycles. The molecular weight excluding hydrogens is 841 g/mol. The first-order valence-corrected chi connectivity index (χ1v) is 21.9. The third-order valence-corrected chi connectivity index (χ3v) is 14.7. The number of halogens is 8. The van der Waals surface area contributed by atoms with Crippen LogP contribution < -0.4 is 0 Å². The molecule has 2 N–H and O–H groups in total. The highest BCUT2D eigenvalue weighted by Gasteiger charge is 2.58. The number of allylic oxidation sites excluding steroid dienone is 2. The highest BCUT2D eigenvalue weighted by atomic mass is 19.4. The van der Waals surface area contributed by atoms with Gasteiger partial charge in [0.05, 0.1) is 34.8 Å². The molecule has 0 unspecified atom stereocenters. The molecule has 2 aromatic heterocycles. The minimum absolute atomic E-state index is 0.246. The SMILES string of the molecule is CC[C@@]12CC[C@](O)(C(F)(F)F)C=C1CCCc1cc3c(cnn3-c3ccc(F)cc3)cc12.CC[C@]12CC[C@@](O)(C(F)(F)F)C=C1CCCc1cc3c(cnn3-c3ccc(F)cc3)cc12. The van der Waals surface area contributed by atoms with Crippen LogP contribution >= 0.6 is 0 Å². The number of nitrogens with zero attached hydrogens (tertiary/aromatic N) is 4. The monoisotopic (exact) mass is 888 g/mol. The van der Waals surface area contributed by atoms with Crippen molar-refractivity contribution < 1.29 is 45.3 Å². The lowest BCUT2D eigenvalue weighted by atomic mass is 9.62. The van der Waals surface area contributed by atoms with Gasteiger partial charge >= 0.3 is 12.4 Å². The summed E-state index contributed by atoms with van der Waals surface area (Å²) in [5, 5.41) is 31.5. The van der Waals surface area contributed by atoms with E-state index in [4.69, 9.17) is 0 Å². The molecule has 0 bridgehead atoms. The van der Waals surface area contributed by atoms with Crippen LogP contribution in [0.15, 0.2) is 108 Å². The second kappa shape index (κ2) is 15.7. The molecular formula is C50H48F8N4O2. The Morgan fingerprint density at radius 1 is 0.547 bits per heavy atom. The van der Waals surface area contributed by atoms with Crippen LogP contribution in [0.3, 0.4) is 0 Å². The number of benzene rings is 4. The third kappa shape index (κ3) is 7.15. The summed E-state index contributed by atoms with van der Waals surface area (Å²) in [6.45, 7) is 4.01. The molecule has 0 saturated heterocycles. The zero-order valence-electron chi connectivity index (χ0n) is 35.4. The fourth-order valence-electron chi connectivity index (χ4n) is 11.1. The maximum atomic E-state index is 13.6. The van der Waals surface area contributed by atoms with Crippen molar-refractivity contribution in [1.82, 2.24) is 19.6 Å². The number of fused-ring (bicyclic) bond motifs is 8. The van der Waals surface area contributed by atoms with Crippen molar-refractivity contribution in [2.24, 2.45) is 0 Å². The van der Waals surface area contributed by atoms with Crippen molar-refractivity contribution >= 4 is 21.8 Å². The lowest BCUT2D eigenvalue weighted by Crippen LogP contribution is -2.49. The van der Waals surface area contributed by atoms with E-state index in [1.807, 2.05) is 13.8 Å². The van der Waals surface area contributed by atoms with Gasteiger partial charge in [-0.2, -0.15) is 36.5 Å². The van der Waals surface area contributed by atoms with Crippen LogP contribution in [0, 0.1) is 11.6 Å². The number of alkyl halides is 6. The Balaban J connectivity index is 0.000000162. The van der Waals surface area contributed by atoms with E-state index in [0.717, 1.165) is 80.4 Å². The zero-order valence-corrected chi connectivity index (χ0v) is 35.4. The van der Waals surface area contributed by atoms with E-state index < -0.39 is 34.4 Å². The molecule has 0 amide bonds. The predicted octanol–water partition coefficient (Wildman–Crippen LogP) is 12.3. The fourth-order valence-corrected chi connectivity index (χ4v) is 11.1. The molecule has 6 nitrogen and oxygen atoms in total. The third-order valence-electron chi connectivity index (χ3n) is 14.7. The largest absolute Gasteiger partial charge is 0.420 e. The topological polar surface area (TPSA) is 76.1 Å². The van der Waals surface area contributed by atoms with E-state index in [0.29, 0.717) is 49.7 Å². The van der Waals surface area contributed by atoms with Crippen molar-refractivity contribution in [3.63, 3.8) is 0 Å². The number of rotatable bonds is 4. The maximum Gasteiger partial charge on any atom is 0.420 e. The van der Waals surface area contributed by atoms with E-state index in [-0.39, 0.29) is 37.3 Å². The number of aliphatic hydroxyl groups is 2. The molecule has 4 aliphatic carbocycles. The average Bonchev–Trinajstić information content (AvgIpc) is 3.79. The Morgan fingerprint density at radius 2 is 0.922 bits per heavy atom. The lowest BCUT2D eigenvalue weighted by molar-refractivity contribution is -0.245. The predicted molar refractivity (Wildman–Crippen MR) is 229 cm³/mol. The van der Waals surface area contributed by atoms with E-state index in [9.17, 15) is 45.3 Å². The van der Waals surface area contributed by atoms with Crippen molar-refractivity contribution in [2.45, 2.75) is 125 Å². The summed E-state index contributed by atoms with van der Waals surface area (Å²) >= 11 is 0.